The van der Waals surface area contributed by atoms with Gasteiger partial charge in [-0.2, -0.15) is 0 Å². The van der Waals surface area contributed by atoms with Gasteiger partial charge in [0.2, 0.25) is 0 Å². The first-order chi connectivity index (χ1) is 30.2. The molecular formula is C48H92ClN3O15. The SMILES string of the molecule is CC(C)(C)OC(=O)CC(O)(CC(=O)OC(C)(C)C)C1CCN(C(=O)OC(C)(C)C)CC1.CC(C)(C)OC(=O)N1CCC(C(O)(CCO)CCO)CC1.Cl.OCCC(O)(CCO)C1CCNCC1. The molecule has 3 saturated heterocycles. The molecule has 0 radical (unpaired) electrons. The molecular weight excluding hydrogens is 894 g/mol. The molecule has 3 rings (SSSR count). The van der Waals surface area contributed by atoms with E-state index in [1.54, 1.807) is 72.1 Å². The van der Waals surface area contributed by atoms with Gasteiger partial charge in [0.25, 0.3) is 0 Å². The largest absolute Gasteiger partial charge is 0.460 e. The molecule has 0 aromatic carbocycles. The van der Waals surface area contributed by atoms with Crippen molar-refractivity contribution in [2.24, 2.45) is 17.8 Å². The van der Waals surface area contributed by atoms with Crippen LogP contribution in [0.1, 0.15) is 160 Å². The predicted molar refractivity (Wildman–Crippen MR) is 256 cm³/mol. The van der Waals surface area contributed by atoms with Crippen molar-refractivity contribution in [3.63, 3.8) is 0 Å². The fourth-order valence-corrected chi connectivity index (χ4v) is 8.66. The molecule has 18 nitrogen and oxygen atoms in total. The fourth-order valence-electron chi connectivity index (χ4n) is 8.66. The Hall–Kier alpha value is -2.55. The summed E-state index contributed by atoms with van der Waals surface area (Å²) in [5.41, 5.74) is -6.06. The highest BCUT2D eigenvalue weighted by atomic mass is 35.5. The lowest BCUT2D eigenvalue weighted by molar-refractivity contribution is -0.172. The zero-order valence-electron chi connectivity index (χ0n) is 43.0. The standard InChI is InChI=1S/C23H41NO7.C15H29NO5.C10H21NO3.ClH/c1-20(2,3)29-17(25)14-23(28,15-18(26)30-21(4,5)6)16-10-12-24(13-11-16)19(27)31-22(7,8)9;1-14(2,3)21-13(19)16-8-4-12(5-9-16)15(20,6-10-17)7-11-18;12-7-3-10(14,4-8-13)9-1-5-11-6-2-9;/h16,28H,10-15H2,1-9H3;12,17-18,20H,4-11H2,1-3H3;9,11-14H,1-8H2;1H. The van der Waals surface area contributed by atoms with Gasteiger partial charge in [-0.3, -0.25) is 9.59 Å². The minimum Gasteiger partial charge on any atom is -0.460 e. The van der Waals surface area contributed by atoms with Crippen LogP contribution in [0.5, 0.6) is 0 Å². The number of hydrogen-bond acceptors (Lipinski definition) is 16. The summed E-state index contributed by atoms with van der Waals surface area (Å²) in [5.74, 6) is -1.33. The Labute approximate surface area is 407 Å². The Kier molecular flexibility index (Phi) is 27.3. The average molecular weight is 987 g/mol. The summed E-state index contributed by atoms with van der Waals surface area (Å²) in [7, 11) is 0. The molecule has 0 aromatic heterocycles. The molecule has 0 aromatic rings. The summed E-state index contributed by atoms with van der Waals surface area (Å²) < 4.78 is 21.5. The molecule has 8 N–H and O–H groups in total. The molecule has 0 spiro atoms. The second-order valence-electron chi connectivity index (χ2n) is 22.2. The maximum atomic E-state index is 12.5. The van der Waals surface area contributed by atoms with Crippen LogP contribution in [-0.2, 0) is 28.5 Å². The number of esters is 2. The highest BCUT2D eigenvalue weighted by molar-refractivity contribution is 5.85. The summed E-state index contributed by atoms with van der Waals surface area (Å²) in [6.07, 6.45) is 3.90. The van der Waals surface area contributed by atoms with Crippen LogP contribution in [0.25, 0.3) is 0 Å². The van der Waals surface area contributed by atoms with Crippen molar-refractivity contribution in [2.45, 2.75) is 199 Å². The van der Waals surface area contributed by atoms with Gasteiger partial charge in [-0.05, 0) is 178 Å². The van der Waals surface area contributed by atoms with E-state index in [9.17, 15) is 34.5 Å². The van der Waals surface area contributed by atoms with Crippen LogP contribution in [-0.4, -0.2) is 175 Å². The maximum Gasteiger partial charge on any atom is 0.410 e. The van der Waals surface area contributed by atoms with E-state index in [0.717, 1.165) is 25.9 Å². The van der Waals surface area contributed by atoms with E-state index in [2.05, 4.69) is 5.32 Å². The van der Waals surface area contributed by atoms with Gasteiger partial charge in [-0.15, -0.1) is 12.4 Å². The normalized spacial score (nSPS) is 17.5. The molecule has 3 aliphatic heterocycles. The summed E-state index contributed by atoms with van der Waals surface area (Å²) in [4.78, 5) is 52.5. The molecule has 0 saturated carbocycles. The first-order valence-electron chi connectivity index (χ1n) is 23.9. The van der Waals surface area contributed by atoms with E-state index in [-0.39, 0.29) is 88.4 Å². The highest BCUT2D eigenvalue weighted by Crippen LogP contribution is 2.37. The second-order valence-corrected chi connectivity index (χ2v) is 22.2. The van der Waals surface area contributed by atoms with Gasteiger partial charge < -0.3 is 69.8 Å². The quantitative estimate of drug-likeness (QED) is 0.0805. The molecule has 3 heterocycles. The van der Waals surface area contributed by atoms with Crippen molar-refractivity contribution >= 4 is 36.5 Å². The van der Waals surface area contributed by atoms with Crippen LogP contribution in [0.3, 0.4) is 0 Å². The zero-order chi connectivity index (χ0) is 50.8. The summed E-state index contributed by atoms with van der Waals surface area (Å²) in [5, 5.41) is 71.6. The molecule has 3 fully saturated rings. The molecule has 0 bridgehead atoms. The summed E-state index contributed by atoms with van der Waals surface area (Å²) in [6.45, 7) is 24.8. The Balaban J connectivity index is 0.00000104. The molecule has 19 heteroatoms. The smallest absolute Gasteiger partial charge is 0.410 e. The van der Waals surface area contributed by atoms with Gasteiger partial charge in [0.05, 0.1) is 29.6 Å². The number of halogens is 1. The minimum atomic E-state index is -1.62. The molecule has 0 atom stereocenters. The van der Waals surface area contributed by atoms with Crippen LogP contribution in [0.15, 0.2) is 0 Å². The van der Waals surface area contributed by atoms with Crippen LogP contribution in [0.2, 0.25) is 0 Å². The number of aliphatic hydroxyl groups excluding tert-OH is 4. The number of likely N-dealkylation sites (tertiary alicyclic amines) is 2. The van der Waals surface area contributed by atoms with E-state index in [0.29, 0.717) is 64.7 Å². The Morgan fingerprint density at radius 1 is 0.448 bits per heavy atom. The number of carbonyl (C=O) groups is 4. The Morgan fingerprint density at radius 2 is 0.701 bits per heavy atom. The van der Waals surface area contributed by atoms with E-state index < -0.39 is 57.2 Å². The van der Waals surface area contributed by atoms with Gasteiger partial charge in [0.1, 0.15) is 22.4 Å². The first-order valence-corrected chi connectivity index (χ1v) is 23.9. The van der Waals surface area contributed by atoms with Crippen molar-refractivity contribution in [3.8, 4) is 0 Å². The van der Waals surface area contributed by atoms with Gasteiger partial charge >= 0.3 is 24.1 Å². The van der Waals surface area contributed by atoms with E-state index >= 15 is 0 Å². The minimum absolute atomic E-state index is 0. The van der Waals surface area contributed by atoms with Gasteiger partial charge in [-0.25, -0.2) is 9.59 Å². The lowest BCUT2D eigenvalue weighted by Crippen LogP contribution is -2.50. The molecule has 0 unspecified atom stereocenters. The topological polar surface area (TPSA) is 265 Å². The van der Waals surface area contributed by atoms with E-state index in [4.69, 9.17) is 39.4 Å². The van der Waals surface area contributed by atoms with Crippen LogP contribution < -0.4 is 5.32 Å². The van der Waals surface area contributed by atoms with Gasteiger partial charge in [-0.1, -0.05) is 0 Å². The lowest BCUT2D eigenvalue weighted by atomic mass is 9.76. The van der Waals surface area contributed by atoms with E-state index in [1.165, 1.54) is 0 Å². The third-order valence-electron chi connectivity index (χ3n) is 11.8. The molecule has 3 aliphatic rings. The van der Waals surface area contributed by atoms with E-state index in [1.807, 2.05) is 20.8 Å². The number of nitrogens with one attached hydrogen (secondary N) is 1. The Bertz CT molecular complexity index is 1410. The number of nitrogens with zero attached hydrogens (tertiary/aromatic N) is 2. The lowest BCUT2D eigenvalue weighted by Gasteiger charge is -2.41. The highest BCUT2D eigenvalue weighted by Gasteiger charge is 2.45. The fraction of sp³-hybridized carbons (Fsp3) is 0.917. The van der Waals surface area contributed by atoms with Crippen LogP contribution in [0, 0.1) is 17.8 Å². The predicted octanol–water partition coefficient (Wildman–Crippen LogP) is 4.86. The van der Waals surface area contributed by atoms with Crippen LogP contribution >= 0.6 is 12.4 Å². The second kappa shape index (κ2) is 28.3. The van der Waals surface area contributed by atoms with Crippen molar-refractivity contribution < 1.29 is 73.9 Å². The van der Waals surface area contributed by atoms with Crippen molar-refractivity contribution in [2.75, 3.05) is 65.7 Å². The first kappa shape index (κ1) is 64.5. The van der Waals surface area contributed by atoms with Gasteiger partial charge in [0, 0.05) is 52.6 Å². The monoisotopic (exact) mass is 986 g/mol. The molecule has 2 amide bonds. The van der Waals surface area contributed by atoms with Crippen molar-refractivity contribution in [1.29, 1.82) is 0 Å². The number of ether oxygens (including phenoxy) is 4. The molecule has 0 aliphatic carbocycles. The average Bonchev–Trinajstić information content (AvgIpc) is 3.16. The summed E-state index contributed by atoms with van der Waals surface area (Å²) in [6, 6.07) is 0. The van der Waals surface area contributed by atoms with Crippen molar-refractivity contribution in [1.82, 2.24) is 15.1 Å². The number of carbonyl (C=O) groups excluding carboxylic acids is 4. The van der Waals surface area contributed by atoms with Crippen molar-refractivity contribution in [3.05, 3.63) is 0 Å². The number of hydrogen-bond donors (Lipinski definition) is 8. The number of rotatable bonds is 15. The third-order valence-corrected chi connectivity index (χ3v) is 11.8. The molecule has 396 valence electrons. The number of amides is 2. The number of aliphatic hydroxyl groups is 7. The zero-order valence-corrected chi connectivity index (χ0v) is 43.8. The maximum absolute atomic E-state index is 12.5. The number of piperidine rings is 3. The third kappa shape index (κ3) is 25.2. The molecule has 67 heavy (non-hydrogen) atoms. The summed E-state index contributed by atoms with van der Waals surface area (Å²) >= 11 is 0. The Morgan fingerprint density at radius 3 is 0.955 bits per heavy atom. The van der Waals surface area contributed by atoms with Crippen LogP contribution in [0.4, 0.5) is 9.59 Å². The van der Waals surface area contributed by atoms with Gasteiger partial charge in [0.15, 0.2) is 0 Å².